The summed E-state index contributed by atoms with van der Waals surface area (Å²) < 4.78 is 18.7. The Bertz CT molecular complexity index is 1110. The second kappa shape index (κ2) is 11.2. The van der Waals surface area contributed by atoms with E-state index >= 15 is 0 Å². The highest BCUT2D eigenvalue weighted by Gasteiger charge is 2.34. The summed E-state index contributed by atoms with van der Waals surface area (Å²) in [6.07, 6.45) is 0. The van der Waals surface area contributed by atoms with Gasteiger partial charge in [-0.05, 0) is 63.3 Å². The molecule has 0 atom stereocenters. The molecule has 0 aliphatic heterocycles. The summed E-state index contributed by atoms with van der Waals surface area (Å²) in [5.74, 6) is 0. The van der Waals surface area contributed by atoms with E-state index in [9.17, 15) is 0 Å². The quantitative estimate of drug-likeness (QED) is 0.225. The SMILES string of the molecule is CC(C)(C)OCc1cccc(COC(C)(C)C)c1P(=N[Si](C)(C)C)(c1ccccc1)c1ccccc1. The highest BCUT2D eigenvalue weighted by atomic mass is 31.2. The van der Waals surface area contributed by atoms with Crippen molar-refractivity contribution in [1.82, 2.24) is 0 Å². The van der Waals surface area contributed by atoms with Gasteiger partial charge in [0.1, 0.15) is 0 Å². The minimum absolute atomic E-state index is 0.244. The Kier molecular flexibility index (Phi) is 8.89. The van der Waals surface area contributed by atoms with Crippen LogP contribution < -0.4 is 15.9 Å². The molecular formula is C31H44NO2PSi. The van der Waals surface area contributed by atoms with E-state index in [1.165, 1.54) is 27.0 Å². The van der Waals surface area contributed by atoms with E-state index in [-0.39, 0.29) is 11.2 Å². The lowest BCUT2D eigenvalue weighted by molar-refractivity contribution is -0.0164. The van der Waals surface area contributed by atoms with E-state index in [0.717, 1.165) is 0 Å². The van der Waals surface area contributed by atoms with Crippen LogP contribution in [0.25, 0.3) is 0 Å². The Hall–Kier alpha value is -1.97. The van der Waals surface area contributed by atoms with Crippen molar-refractivity contribution in [3.63, 3.8) is 0 Å². The Morgan fingerprint density at radius 3 is 1.33 bits per heavy atom. The van der Waals surface area contributed by atoms with Crippen LogP contribution in [-0.2, 0) is 22.7 Å². The molecule has 0 heterocycles. The van der Waals surface area contributed by atoms with E-state index < -0.39 is 15.3 Å². The molecular weight excluding hydrogens is 477 g/mol. The zero-order valence-corrected chi connectivity index (χ0v) is 25.5. The van der Waals surface area contributed by atoms with Crippen molar-refractivity contribution in [3.8, 4) is 0 Å². The smallest absolute Gasteiger partial charge is 0.171 e. The van der Waals surface area contributed by atoms with Crippen molar-refractivity contribution in [3.05, 3.63) is 90.0 Å². The summed E-state index contributed by atoms with van der Waals surface area (Å²) >= 11 is 0. The van der Waals surface area contributed by atoms with Crippen LogP contribution >= 0.6 is 7.05 Å². The van der Waals surface area contributed by atoms with Gasteiger partial charge in [-0.25, -0.2) is 0 Å². The maximum absolute atomic E-state index is 6.40. The van der Waals surface area contributed by atoms with Crippen LogP contribution in [0.15, 0.2) is 83.3 Å². The average molecular weight is 522 g/mol. The number of ether oxygens (including phenoxy) is 2. The summed E-state index contributed by atoms with van der Waals surface area (Å²) in [6.45, 7) is 20.8. The largest absolute Gasteiger partial charge is 0.371 e. The average Bonchev–Trinajstić information content (AvgIpc) is 2.79. The van der Waals surface area contributed by atoms with Gasteiger partial charge in [-0.15, -0.1) is 0 Å². The molecule has 0 aliphatic rings. The van der Waals surface area contributed by atoms with E-state index in [1.807, 2.05) is 0 Å². The Labute approximate surface area is 220 Å². The molecule has 0 aromatic heterocycles. The summed E-state index contributed by atoms with van der Waals surface area (Å²) in [4.78, 5) is 0. The van der Waals surface area contributed by atoms with Crippen molar-refractivity contribution in [2.24, 2.45) is 4.41 Å². The molecule has 0 bridgehead atoms. The molecule has 0 N–H and O–H groups in total. The Morgan fingerprint density at radius 1 is 0.611 bits per heavy atom. The van der Waals surface area contributed by atoms with Gasteiger partial charge < -0.3 is 13.9 Å². The van der Waals surface area contributed by atoms with E-state index in [4.69, 9.17) is 13.9 Å². The summed E-state index contributed by atoms with van der Waals surface area (Å²) in [5.41, 5.74) is 1.91. The van der Waals surface area contributed by atoms with Crippen LogP contribution in [0, 0.1) is 0 Å². The van der Waals surface area contributed by atoms with Crippen molar-refractivity contribution in [2.45, 2.75) is 85.6 Å². The molecule has 3 rings (SSSR count). The van der Waals surface area contributed by atoms with Crippen LogP contribution in [0.4, 0.5) is 0 Å². The first-order valence-corrected chi connectivity index (χ1v) is 18.0. The monoisotopic (exact) mass is 521 g/mol. The van der Waals surface area contributed by atoms with Gasteiger partial charge in [0.15, 0.2) is 8.24 Å². The number of nitrogens with zero attached hydrogens (tertiary/aromatic N) is 1. The topological polar surface area (TPSA) is 30.8 Å². The third-order valence-corrected chi connectivity index (χ3v) is 12.5. The maximum Gasteiger partial charge on any atom is 0.171 e. The Balaban J connectivity index is 2.48. The van der Waals surface area contributed by atoms with Crippen LogP contribution in [0.1, 0.15) is 52.7 Å². The molecule has 0 aliphatic carbocycles. The minimum atomic E-state index is -2.39. The first-order valence-electron chi connectivity index (χ1n) is 12.9. The summed E-state index contributed by atoms with van der Waals surface area (Å²) in [7, 11) is -4.30. The Morgan fingerprint density at radius 2 is 1.00 bits per heavy atom. The van der Waals surface area contributed by atoms with Crippen molar-refractivity contribution in [1.29, 1.82) is 0 Å². The first kappa shape index (κ1) is 28.6. The van der Waals surface area contributed by atoms with Gasteiger partial charge in [0.05, 0.1) is 24.4 Å². The summed E-state index contributed by atoms with van der Waals surface area (Å²) in [6, 6.07) is 28.4. The summed E-state index contributed by atoms with van der Waals surface area (Å²) in [5, 5.41) is 3.84. The number of benzene rings is 3. The van der Waals surface area contributed by atoms with Gasteiger partial charge in [-0.2, -0.15) is 0 Å². The zero-order chi connectivity index (χ0) is 26.6. The van der Waals surface area contributed by atoms with Gasteiger partial charge in [-0.3, -0.25) is 0 Å². The van der Waals surface area contributed by atoms with Crippen LogP contribution in [-0.4, -0.2) is 19.4 Å². The molecule has 0 spiro atoms. The predicted molar refractivity (Wildman–Crippen MR) is 160 cm³/mol. The van der Waals surface area contributed by atoms with Gasteiger partial charge in [0.2, 0.25) is 0 Å². The molecule has 0 amide bonds. The van der Waals surface area contributed by atoms with Crippen LogP contribution in [0.3, 0.4) is 0 Å². The lowest BCUT2D eigenvalue weighted by Crippen LogP contribution is -2.34. The number of hydrogen-bond donors (Lipinski definition) is 0. The molecule has 36 heavy (non-hydrogen) atoms. The number of hydrogen-bond acceptors (Lipinski definition) is 3. The normalized spacial score (nSPS) is 13.0. The third-order valence-electron chi connectivity index (χ3n) is 5.56. The molecule has 3 aromatic rings. The molecule has 3 aromatic carbocycles. The second-order valence-electron chi connectivity index (χ2n) is 12.3. The van der Waals surface area contributed by atoms with Gasteiger partial charge in [0.25, 0.3) is 0 Å². The number of rotatable bonds is 8. The van der Waals surface area contributed by atoms with Gasteiger partial charge >= 0.3 is 0 Å². The van der Waals surface area contributed by atoms with Crippen LogP contribution in [0.5, 0.6) is 0 Å². The lowest BCUT2D eigenvalue weighted by Gasteiger charge is -2.35. The third kappa shape index (κ3) is 7.52. The van der Waals surface area contributed by atoms with E-state index in [0.29, 0.717) is 13.2 Å². The fourth-order valence-corrected chi connectivity index (χ4v) is 12.2. The standard InChI is InChI=1S/C31H44NO2PSi/c1-30(2,3)33-23-25-17-16-18-26(24-34-31(4,5)6)29(25)35(32-36(7,8)9,27-19-12-10-13-20-27)28-21-14-11-15-22-28/h10-22H,23-24H2,1-9H3. The molecule has 5 heteroatoms. The second-order valence-corrected chi connectivity index (χ2v) is 20.2. The van der Waals surface area contributed by atoms with Gasteiger partial charge in [-0.1, -0.05) is 98.5 Å². The maximum atomic E-state index is 6.40. The molecule has 0 radical (unpaired) electrons. The lowest BCUT2D eigenvalue weighted by atomic mass is 10.1. The van der Waals surface area contributed by atoms with Crippen molar-refractivity contribution >= 4 is 31.2 Å². The predicted octanol–water partition coefficient (Wildman–Crippen LogP) is 7.63. The first-order chi connectivity index (χ1) is 16.7. The molecule has 0 saturated heterocycles. The molecule has 0 unspecified atom stereocenters. The van der Waals surface area contributed by atoms with E-state index in [1.54, 1.807) is 0 Å². The highest BCUT2D eigenvalue weighted by molar-refractivity contribution is 7.88. The van der Waals surface area contributed by atoms with Crippen LogP contribution in [0.2, 0.25) is 19.6 Å². The van der Waals surface area contributed by atoms with Crippen molar-refractivity contribution < 1.29 is 9.47 Å². The highest BCUT2D eigenvalue weighted by Crippen LogP contribution is 2.50. The minimum Gasteiger partial charge on any atom is -0.371 e. The van der Waals surface area contributed by atoms with E-state index in [2.05, 4.69) is 140 Å². The fraction of sp³-hybridized carbons (Fsp3) is 0.419. The van der Waals surface area contributed by atoms with Gasteiger partial charge in [0, 0.05) is 12.4 Å². The molecule has 0 fully saturated rings. The molecule has 194 valence electrons. The van der Waals surface area contributed by atoms with Crippen molar-refractivity contribution in [2.75, 3.05) is 0 Å². The molecule has 3 nitrogen and oxygen atoms in total. The zero-order valence-electron chi connectivity index (χ0n) is 23.6. The molecule has 0 saturated carbocycles. The fourth-order valence-electron chi connectivity index (χ4n) is 4.19.